The van der Waals surface area contributed by atoms with Gasteiger partial charge in [-0.2, -0.15) is 10.1 Å². The Morgan fingerprint density at radius 1 is 0.971 bits per heavy atom. The van der Waals surface area contributed by atoms with Gasteiger partial charge in [0, 0.05) is 18.5 Å². The number of hydrogen-bond acceptors (Lipinski definition) is 5. The van der Waals surface area contributed by atoms with Gasteiger partial charge in [0.25, 0.3) is 5.91 Å². The lowest BCUT2D eigenvalue weighted by Crippen LogP contribution is -2.25. The minimum atomic E-state index is -0.699. The van der Waals surface area contributed by atoms with Crippen molar-refractivity contribution in [1.29, 1.82) is 0 Å². The van der Waals surface area contributed by atoms with E-state index in [4.69, 9.17) is 5.10 Å². The molecule has 0 bridgehead atoms. The van der Waals surface area contributed by atoms with E-state index in [-0.39, 0.29) is 24.2 Å². The Hall–Kier alpha value is -3.85. The lowest BCUT2D eigenvalue weighted by Gasteiger charge is -2.23. The fourth-order valence-electron chi connectivity index (χ4n) is 3.95. The average molecular weight is 491 g/mol. The number of nitrogens with zero attached hydrogens (tertiary/aromatic N) is 3. The van der Waals surface area contributed by atoms with E-state index >= 15 is 0 Å². The summed E-state index contributed by atoms with van der Waals surface area (Å²) in [7, 11) is 0. The number of rotatable bonds is 5. The Morgan fingerprint density at radius 2 is 1.63 bits per heavy atom. The molecule has 6 nitrogen and oxygen atoms in total. The summed E-state index contributed by atoms with van der Waals surface area (Å²) >= 11 is 1.18. The second kappa shape index (κ2) is 9.79. The molecule has 5 rings (SSSR count). The lowest BCUT2D eigenvalue weighted by atomic mass is 9.99. The van der Waals surface area contributed by atoms with Gasteiger partial charge in [0.05, 0.1) is 11.8 Å². The van der Waals surface area contributed by atoms with Crippen molar-refractivity contribution in [2.75, 3.05) is 5.32 Å². The van der Waals surface area contributed by atoms with Gasteiger partial charge >= 0.3 is 0 Å². The standard InChI is InChI=1S/C26H20F2N4O2S/c27-18-8-6-17(7-9-18)22-14-21(16-4-2-1-3-5-16)31-32(22)26-30-25(34)23(35-26)15-24(33)29-20-12-10-19(28)11-13-20/h1-13,22-23H,14-15H2,(H,29,33)/t22-,23+/m0/s1. The molecule has 1 N–H and O–H groups in total. The van der Waals surface area contributed by atoms with Gasteiger partial charge in [-0.15, -0.1) is 0 Å². The van der Waals surface area contributed by atoms with E-state index in [9.17, 15) is 18.4 Å². The number of carbonyl (C=O) groups is 2. The molecule has 2 aliphatic heterocycles. The first-order valence-corrected chi connectivity index (χ1v) is 11.9. The number of hydrazone groups is 1. The quantitative estimate of drug-likeness (QED) is 0.537. The summed E-state index contributed by atoms with van der Waals surface area (Å²) in [4.78, 5) is 29.3. The molecule has 0 fully saturated rings. The Bertz CT molecular complexity index is 1310. The van der Waals surface area contributed by atoms with E-state index in [1.165, 1.54) is 48.2 Å². The van der Waals surface area contributed by atoms with E-state index in [2.05, 4.69) is 10.3 Å². The lowest BCUT2D eigenvalue weighted by molar-refractivity contribution is -0.121. The third-order valence-corrected chi connectivity index (χ3v) is 6.84. The highest BCUT2D eigenvalue weighted by Crippen LogP contribution is 2.38. The van der Waals surface area contributed by atoms with Gasteiger partial charge in [0.2, 0.25) is 5.91 Å². The number of nitrogens with one attached hydrogen (secondary N) is 1. The molecule has 2 amide bonds. The van der Waals surface area contributed by atoms with Crippen LogP contribution in [0.5, 0.6) is 0 Å². The smallest absolute Gasteiger partial charge is 0.262 e. The van der Waals surface area contributed by atoms with Crippen LogP contribution in [0.4, 0.5) is 14.5 Å². The second-order valence-electron chi connectivity index (χ2n) is 8.13. The molecule has 35 heavy (non-hydrogen) atoms. The van der Waals surface area contributed by atoms with Gasteiger partial charge in [-0.3, -0.25) is 9.59 Å². The van der Waals surface area contributed by atoms with Crippen LogP contribution >= 0.6 is 11.8 Å². The van der Waals surface area contributed by atoms with Gasteiger partial charge in [-0.05, 0) is 47.5 Å². The molecule has 0 saturated heterocycles. The molecule has 2 aliphatic rings. The number of thioether (sulfide) groups is 1. The van der Waals surface area contributed by atoms with Crippen molar-refractivity contribution in [1.82, 2.24) is 5.01 Å². The van der Waals surface area contributed by atoms with Crippen molar-refractivity contribution in [3.05, 3.63) is 102 Å². The van der Waals surface area contributed by atoms with Crippen LogP contribution in [-0.4, -0.2) is 33.0 Å². The minimum Gasteiger partial charge on any atom is -0.326 e. The van der Waals surface area contributed by atoms with E-state index in [1.54, 1.807) is 17.1 Å². The molecule has 176 valence electrons. The predicted molar refractivity (Wildman–Crippen MR) is 132 cm³/mol. The number of anilines is 1. The highest BCUT2D eigenvalue weighted by Gasteiger charge is 2.39. The zero-order chi connectivity index (χ0) is 24.4. The van der Waals surface area contributed by atoms with E-state index in [1.807, 2.05) is 30.3 Å². The molecule has 0 aliphatic carbocycles. The van der Waals surface area contributed by atoms with Crippen molar-refractivity contribution in [3.63, 3.8) is 0 Å². The number of aliphatic imine (C=N–C) groups is 1. The van der Waals surface area contributed by atoms with Crippen LogP contribution in [-0.2, 0) is 9.59 Å². The maximum absolute atomic E-state index is 13.5. The Morgan fingerprint density at radius 3 is 2.31 bits per heavy atom. The van der Waals surface area contributed by atoms with Crippen molar-refractivity contribution < 1.29 is 18.4 Å². The molecular weight excluding hydrogens is 470 g/mol. The SMILES string of the molecule is O=C(C[C@H]1SC(N2N=C(c3ccccc3)C[C@H]2c2ccc(F)cc2)=NC1=O)Nc1ccc(F)cc1. The summed E-state index contributed by atoms with van der Waals surface area (Å²) < 4.78 is 26.6. The van der Waals surface area contributed by atoms with Gasteiger partial charge < -0.3 is 5.32 Å². The maximum Gasteiger partial charge on any atom is 0.262 e. The highest BCUT2D eigenvalue weighted by molar-refractivity contribution is 8.15. The molecule has 2 atom stereocenters. The fraction of sp³-hybridized carbons (Fsp3) is 0.154. The van der Waals surface area contributed by atoms with Crippen LogP contribution < -0.4 is 5.32 Å². The van der Waals surface area contributed by atoms with Gasteiger partial charge in [-0.25, -0.2) is 13.8 Å². The number of benzene rings is 3. The van der Waals surface area contributed by atoms with Crippen molar-refractivity contribution >= 4 is 40.1 Å². The molecule has 9 heteroatoms. The van der Waals surface area contributed by atoms with Gasteiger partial charge in [-0.1, -0.05) is 54.2 Å². The van der Waals surface area contributed by atoms with Crippen molar-refractivity contribution in [3.8, 4) is 0 Å². The van der Waals surface area contributed by atoms with Crippen LogP contribution in [0.25, 0.3) is 0 Å². The Balaban J connectivity index is 1.34. The van der Waals surface area contributed by atoms with Crippen LogP contribution in [0.15, 0.2) is 89.0 Å². The molecule has 3 aromatic rings. The largest absolute Gasteiger partial charge is 0.326 e. The van der Waals surface area contributed by atoms with E-state index < -0.39 is 17.0 Å². The van der Waals surface area contributed by atoms with Crippen molar-refractivity contribution in [2.24, 2.45) is 10.1 Å². The summed E-state index contributed by atoms with van der Waals surface area (Å²) in [6.45, 7) is 0. The number of halogens is 2. The Kier molecular flexibility index (Phi) is 6.41. The van der Waals surface area contributed by atoms with Crippen LogP contribution in [0.3, 0.4) is 0 Å². The van der Waals surface area contributed by atoms with Crippen LogP contribution in [0, 0.1) is 11.6 Å². The highest BCUT2D eigenvalue weighted by atomic mass is 32.2. The number of hydrogen-bond donors (Lipinski definition) is 1. The molecule has 0 unspecified atom stereocenters. The molecule has 0 aromatic heterocycles. The molecule has 2 heterocycles. The number of amides is 2. The van der Waals surface area contributed by atoms with Gasteiger partial charge in [0.15, 0.2) is 5.17 Å². The normalized spacial score (nSPS) is 19.5. The zero-order valence-electron chi connectivity index (χ0n) is 18.4. The second-order valence-corrected chi connectivity index (χ2v) is 9.30. The zero-order valence-corrected chi connectivity index (χ0v) is 19.2. The molecule has 3 aromatic carbocycles. The number of carbonyl (C=O) groups excluding carboxylic acids is 2. The predicted octanol–water partition coefficient (Wildman–Crippen LogP) is 5.14. The monoisotopic (exact) mass is 490 g/mol. The Labute approximate surface area is 204 Å². The fourth-order valence-corrected chi connectivity index (χ4v) is 5.02. The topological polar surface area (TPSA) is 74.1 Å². The number of amidine groups is 1. The summed E-state index contributed by atoms with van der Waals surface area (Å²) in [6.07, 6.45) is 0.470. The van der Waals surface area contributed by atoms with E-state index in [0.717, 1.165) is 16.8 Å². The first-order chi connectivity index (χ1) is 17.0. The summed E-state index contributed by atoms with van der Waals surface area (Å²) in [5.74, 6) is -1.53. The minimum absolute atomic E-state index is 0.0851. The summed E-state index contributed by atoms with van der Waals surface area (Å²) in [6, 6.07) is 21.0. The summed E-state index contributed by atoms with van der Waals surface area (Å²) in [5.41, 5.74) is 3.07. The van der Waals surface area contributed by atoms with Crippen LogP contribution in [0.2, 0.25) is 0 Å². The first kappa shape index (κ1) is 22.9. The van der Waals surface area contributed by atoms with Gasteiger partial charge in [0.1, 0.15) is 16.9 Å². The summed E-state index contributed by atoms with van der Waals surface area (Å²) in [5, 5.41) is 8.82. The van der Waals surface area contributed by atoms with E-state index in [0.29, 0.717) is 17.3 Å². The third kappa shape index (κ3) is 5.14. The maximum atomic E-state index is 13.5. The van der Waals surface area contributed by atoms with Crippen molar-refractivity contribution in [2.45, 2.75) is 24.1 Å². The first-order valence-electron chi connectivity index (χ1n) is 11.0. The van der Waals surface area contributed by atoms with Crippen LogP contribution in [0.1, 0.15) is 30.0 Å². The molecule has 0 saturated carbocycles. The third-order valence-electron chi connectivity index (χ3n) is 5.70. The average Bonchev–Trinajstić information content (AvgIpc) is 3.46. The molecular formula is C26H20F2N4O2S. The molecule has 0 spiro atoms. The molecule has 0 radical (unpaired) electrons.